The Labute approximate surface area is 210 Å². The molecule has 0 saturated carbocycles. The molecule has 1 spiro atoms. The van der Waals surface area contributed by atoms with Crippen LogP contribution in [0, 0.1) is 17.8 Å². The summed E-state index contributed by atoms with van der Waals surface area (Å²) in [5.41, 5.74) is 0.631. The number of anilines is 1. The zero-order chi connectivity index (χ0) is 25.7. The maximum atomic E-state index is 14.4. The van der Waals surface area contributed by atoms with Crippen LogP contribution >= 0.6 is 11.8 Å². The highest BCUT2D eigenvalue weighted by Crippen LogP contribution is 2.71. The van der Waals surface area contributed by atoms with E-state index in [2.05, 4.69) is 6.58 Å². The van der Waals surface area contributed by atoms with Gasteiger partial charge in [-0.05, 0) is 49.9 Å². The van der Waals surface area contributed by atoms with E-state index in [-0.39, 0.29) is 30.9 Å². The number of likely N-dealkylation sites (tertiary alicyclic amines) is 1. The fraction of sp³-hybridized carbons (Fsp3) is 0.577. The van der Waals surface area contributed by atoms with Crippen molar-refractivity contribution >= 4 is 35.2 Å². The summed E-state index contributed by atoms with van der Waals surface area (Å²) in [5.74, 6) is -2.79. The lowest BCUT2D eigenvalue weighted by Gasteiger charge is -2.40. The van der Waals surface area contributed by atoms with E-state index in [1.807, 2.05) is 20.8 Å². The number of carboxylic acids is 1. The van der Waals surface area contributed by atoms with E-state index < -0.39 is 39.4 Å². The van der Waals surface area contributed by atoms with Gasteiger partial charge in [0.25, 0.3) is 5.91 Å². The number of carbonyl (C=O) groups is 3. The molecule has 9 heteroatoms. The second-order valence-electron chi connectivity index (χ2n) is 10.2. The van der Waals surface area contributed by atoms with Crippen molar-refractivity contribution in [2.45, 2.75) is 55.2 Å². The molecule has 0 aromatic heterocycles. The van der Waals surface area contributed by atoms with Gasteiger partial charge in [-0.2, -0.15) is 0 Å². The number of amides is 2. The third-order valence-corrected chi connectivity index (χ3v) is 9.98. The molecule has 3 saturated heterocycles. The average molecular weight is 503 g/mol. The number of hydrogen-bond donors (Lipinski definition) is 2. The Kier molecular flexibility index (Phi) is 6.70. The average Bonchev–Trinajstić information content (AvgIpc) is 3.38. The molecule has 6 atom stereocenters. The number of carbonyl (C=O) groups excluding carboxylic acids is 2. The van der Waals surface area contributed by atoms with Gasteiger partial charge in [-0.25, -0.2) is 0 Å². The summed E-state index contributed by atoms with van der Waals surface area (Å²) in [6.07, 6.45) is 2.82. The molecule has 3 aliphatic heterocycles. The van der Waals surface area contributed by atoms with Crippen LogP contribution in [-0.4, -0.2) is 74.7 Å². The number of aliphatic carboxylic acids is 1. The van der Waals surface area contributed by atoms with Gasteiger partial charge in [-0.15, -0.1) is 18.3 Å². The zero-order valence-corrected chi connectivity index (χ0v) is 21.5. The van der Waals surface area contributed by atoms with Crippen LogP contribution in [0.4, 0.5) is 5.69 Å². The van der Waals surface area contributed by atoms with Gasteiger partial charge in [-0.1, -0.05) is 19.9 Å². The van der Waals surface area contributed by atoms with Gasteiger partial charge in [0.15, 0.2) is 0 Å². The highest BCUT2D eigenvalue weighted by atomic mass is 32.2. The zero-order valence-electron chi connectivity index (χ0n) is 20.6. The molecule has 0 radical (unpaired) electrons. The lowest BCUT2D eigenvalue weighted by molar-refractivity contribution is -0.151. The monoisotopic (exact) mass is 502 g/mol. The first-order chi connectivity index (χ1) is 16.6. The van der Waals surface area contributed by atoms with Gasteiger partial charge in [0.2, 0.25) is 5.91 Å². The van der Waals surface area contributed by atoms with E-state index in [0.717, 1.165) is 0 Å². The number of thioether (sulfide) groups is 1. The number of carboxylic acid groups (broad SMARTS) is 1. The van der Waals surface area contributed by atoms with Gasteiger partial charge in [-0.3, -0.25) is 14.4 Å². The van der Waals surface area contributed by atoms with Crippen LogP contribution in [0.2, 0.25) is 0 Å². The van der Waals surface area contributed by atoms with Gasteiger partial charge in [0.1, 0.15) is 11.8 Å². The SMILES string of the molecule is C=CCN(C(=O)C1N([C@@H](CO)C(C)C)C(=O)[C@@H]2[C@H](C(=O)O)[C@]3(C)CCC12S3)c1ccc(OC)cc1. The molecule has 2 amide bonds. The summed E-state index contributed by atoms with van der Waals surface area (Å²) in [7, 11) is 1.57. The first kappa shape index (κ1) is 25.6. The molecular weight excluding hydrogens is 468 g/mol. The van der Waals surface area contributed by atoms with E-state index in [0.29, 0.717) is 24.3 Å². The number of benzene rings is 1. The number of hydrogen-bond acceptors (Lipinski definition) is 6. The predicted octanol–water partition coefficient (Wildman–Crippen LogP) is 2.80. The van der Waals surface area contributed by atoms with Gasteiger partial charge in [0.05, 0.1) is 36.3 Å². The van der Waals surface area contributed by atoms with Crippen LogP contribution in [0.15, 0.2) is 36.9 Å². The molecule has 3 aliphatic rings. The molecule has 1 aromatic carbocycles. The maximum absolute atomic E-state index is 14.4. The van der Waals surface area contributed by atoms with E-state index in [1.54, 1.807) is 42.4 Å². The molecule has 1 aromatic rings. The van der Waals surface area contributed by atoms with E-state index in [9.17, 15) is 24.6 Å². The number of aliphatic hydroxyl groups excluding tert-OH is 1. The molecule has 4 rings (SSSR count). The van der Waals surface area contributed by atoms with Crippen molar-refractivity contribution in [3.8, 4) is 5.75 Å². The molecule has 190 valence electrons. The van der Waals surface area contributed by atoms with Gasteiger partial charge >= 0.3 is 5.97 Å². The van der Waals surface area contributed by atoms with E-state index >= 15 is 0 Å². The molecule has 3 fully saturated rings. The van der Waals surface area contributed by atoms with Crippen LogP contribution in [-0.2, 0) is 14.4 Å². The minimum atomic E-state index is -1.00. The fourth-order valence-corrected chi connectivity index (χ4v) is 8.69. The second-order valence-corrected chi connectivity index (χ2v) is 12.1. The Balaban J connectivity index is 1.85. The predicted molar refractivity (Wildman–Crippen MR) is 134 cm³/mol. The molecule has 3 heterocycles. The molecule has 2 bridgehead atoms. The topological polar surface area (TPSA) is 107 Å². The minimum absolute atomic E-state index is 0.121. The number of rotatable bonds is 9. The maximum Gasteiger partial charge on any atom is 0.308 e. The summed E-state index contributed by atoms with van der Waals surface area (Å²) >= 11 is 1.49. The Hall–Kier alpha value is -2.52. The van der Waals surface area contributed by atoms with Crippen LogP contribution < -0.4 is 9.64 Å². The number of nitrogens with zero attached hydrogens (tertiary/aromatic N) is 2. The number of fused-ring (bicyclic) bond motifs is 1. The lowest BCUT2D eigenvalue weighted by Crippen LogP contribution is -2.58. The molecule has 35 heavy (non-hydrogen) atoms. The third kappa shape index (κ3) is 3.74. The summed E-state index contributed by atoms with van der Waals surface area (Å²) in [4.78, 5) is 43.9. The second kappa shape index (κ2) is 9.17. The van der Waals surface area contributed by atoms with Crippen molar-refractivity contribution in [2.24, 2.45) is 17.8 Å². The molecule has 0 aliphatic carbocycles. The quantitative estimate of drug-likeness (QED) is 0.500. The minimum Gasteiger partial charge on any atom is -0.497 e. The normalized spacial score (nSPS) is 32.0. The largest absolute Gasteiger partial charge is 0.497 e. The number of methoxy groups -OCH3 is 1. The van der Waals surface area contributed by atoms with Crippen molar-refractivity contribution in [3.63, 3.8) is 0 Å². The first-order valence-corrected chi connectivity index (χ1v) is 12.8. The van der Waals surface area contributed by atoms with Crippen molar-refractivity contribution in [3.05, 3.63) is 36.9 Å². The van der Waals surface area contributed by atoms with Gasteiger partial charge in [0, 0.05) is 17.0 Å². The standard InChI is InChI=1S/C26H34N2O6S/c1-6-13-27(16-7-9-17(34-5)10-8-16)23(31)21-26-12-11-25(4,35-26)20(24(32)33)19(26)22(30)28(21)18(14-29)15(2)3/h6-10,15,18-21,29H,1,11-14H2,2-5H3,(H,32,33)/t18-,19-,20+,21?,25-,26?/m0/s1. The van der Waals surface area contributed by atoms with Crippen molar-refractivity contribution < 1.29 is 29.3 Å². The van der Waals surface area contributed by atoms with Crippen molar-refractivity contribution in [1.82, 2.24) is 4.90 Å². The van der Waals surface area contributed by atoms with E-state index in [1.165, 1.54) is 16.7 Å². The Morgan fingerprint density at radius 2 is 1.97 bits per heavy atom. The highest BCUT2D eigenvalue weighted by molar-refractivity contribution is 8.02. The lowest BCUT2D eigenvalue weighted by atomic mass is 9.66. The Bertz CT molecular complexity index is 1030. The molecule has 2 unspecified atom stereocenters. The molecule has 8 nitrogen and oxygen atoms in total. The summed E-state index contributed by atoms with van der Waals surface area (Å²) in [6.45, 7) is 9.43. The molecular formula is C26H34N2O6S. The van der Waals surface area contributed by atoms with Crippen LogP contribution in [0.25, 0.3) is 0 Å². The number of aliphatic hydroxyl groups is 1. The van der Waals surface area contributed by atoms with E-state index in [4.69, 9.17) is 4.74 Å². The fourth-order valence-electron chi connectivity index (χ4n) is 6.36. The third-order valence-electron chi connectivity index (χ3n) is 7.99. The van der Waals surface area contributed by atoms with Crippen molar-refractivity contribution in [2.75, 3.05) is 25.2 Å². The summed E-state index contributed by atoms with van der Waals surface area (Å²) in [5, 5.41) is 20.4. The Morgan fingerprint density at radius 1 is 1.31 bits per heavy atom. The summed E-state index contributed by atoms with van der Waals surface area (Å²) < 4.78 is 3.77. The first-order valence-electron chi connectivity index (χ1n) is 12.0. The van der Waals surface area contributed by atoms with Crippen LogP contribution in [0.1, 0.15) is 33.6 Å². The van der Waals surface area contributed by atoms with Crippen molar-refractivity contribution in [1.29, 1.82) is 0 Å². The smallest absolute Gasteiger partial charge is 0.308 e. The van der Waals surface area contributed by atoms with Crippen LogP contribution in [0.5, 0.6) is 5.75 Å². The summed E-state index contributed by atoms with van der Waals surface area (Å²) in [6, 6.07) is 5.60. The number of ether oxygens (including phenoxy) is 1. The molecule has 2 N–H and O–H groups in total. The highest BCUT2D eigenvalue weighted by Gasteiger charge is 2.78. The van der Waals surface area contributed by atoms with Crippen LogP contribution in [0.3, 0.4) is 0 Å². The Morgan fingerprint density at radius 3 is 2.49 bits per heavy atom. The van der Waals surface area contributed by atoms with Gasteiger partial charge < -0.3 is 24.7 Å².